The lowest BCUT2D eigenvalue weighted by Crippen LogP contribution is -2.18. The van der Waals surface area contributed by atoms with Gasteiger partial charge >= 0.3 is 0 Å². The van der Waals surface area contributed by atoms with Crippen LogP contribution in [-0.4, -0.2) is 31.5 Å². The number of rotatable bonds is 8. The van der Waals surface area contributed by atoms with Gasteiger partial charge in [-0.3, -0.25) is 4.79 Å². The van der Waals surface area contributed by atoms with E-state index < -0.39 is 17.5 Å². The third-order valence-corrected chi connectivity index (χ3v) is 5.90. The van der Waals surface area contributed by atoms with Crippen LogP contribution in [0.25, 0.3) is 11.3 Å². The van der Waals surface area contributed by atoms with Gasteiger partial charge in [-0.1, -0.05) is 11.8 Å². The van der Waals surface area contributed by atoms with Gasteiger partial charge in [-0.2, -0.15) is 0 Å². The predicted molar refractivity (Wildman–Crippen MR) is 118 cm³/mol. The number of amides is 1. The summed E-state index contributed by atoms with van der Waals surface area (Å²) in [5.74, 6) is 4.67. The van der Waals surface area contributed by atoms with Crippen molar-refractivity contribution in [2.24, 2.45) is 0 Å². The molecule has 13 heteroatoms. The van der Waals surface area contributed by atoms with Crippen molar-refractivity contribution in [3.05, 3.63) is 71.1 Å². The van der Waals surface area contributed by atoms with Crippen LogP contribution in [0.1, 0.15) is 5.82 Å². The molecule has 170 valence electrons. The molecule has 0 saturated carbocycles. The van der Waals surface area contributed by atoms with E-state index in [1.807, 2.05) is 0 Å². The summed E-state index contributed by atoms with van der Waals surface area (Å²) in [4.78, 5) is 16.4. The van der Waals surface area contributed by atoms with E-state index >= 15 is 0 Å². The van der Waals surface area contributed by atoms with Crippen molar-refractivity contribution in [3.8, 4) is 17.0 Å². The highest BCUT2D eigenvalue weighted by atomic mass is 32.2. The minimum absolute atomic E-state index is 0.000418. The summed E-state index contributed by atoms with van der Waals surface area (Å²) in [6, 6.07) is 8.54. The summed E-state index contributed by atoms with van der Waals surface area (Å²) in [5, 5.41) is 12.5. The molecule has 0 fully saturated rings. The maximum atomic E-state index is 13.9. The number of halogens is 3. The number of ether oxygens (including phenoxy) is 1. The van der Waals surface area contributed by atoms with E-state index in [1.165, 1.54) is 34.3 Å². The molecule has 0 aliphatic rings. The first-order valence-electron chi connectivity index (χ1n) is 9.30. The van der Waals surface area contributed by atoms with Gasteiger partial charge in [0.1, 0.15) is 29.8 Å². The van der Waals surface area contributed by atoms with Crippen LogP contribution in [0.15, 0.2) is 53.0 Å². The highest BCUT2D eigenvalue weighted by molar-refractivity contribution is 7.99. The molecule has 0 bridgehead atoms. The number of nitrogens with one attached hydrogen (secondary N) is 1. The second kappa shape index (κ2) is 9.92. The number of carbonyl (C=O) groups excluding carboxylic acids is 1. The zero-order chi connectivity index (χ0) is 23.4. The molecular formula is C20H15F3N6O2S2. The third kappa shape index (κ3) is 5.62. The van der Waals surface area contributed by atoms with Gasteiger partial charge in [0.2, 0.25) is 11.1 Å². The Kier molecular flexibility index (Phi) is 6.79. The Bertz CT molecular complexity index is 1280. The average Bonchev–Trinajstić information content (AvgIpc) is 3.40. The summed E-state index contributed by atoms with van der Waals surface area (Å²) in [5.41, 5.74) is 0.222. The van der Waals surface area contributed by atoms with Gasteiger partial charge in [-0.15, -0.1) is 21.5 Å². The fraction of sp³-hybridized carbons (Fsp3) is 0.100. The largest absolute Gasteiger partial charge is 0.486 e. The van der Waals surface area contributed by atoms with Crippen LogP contribution < -0.4 is 15.9 Å². The van der Waals surface area contributed by atoms with Crippen molar-refractivity contribution in [2.75, 3.05) is 16.9 Å². The molecule has 2 heterocycles. The molecule has 1 amide bonds. The quantitative estimate of drug-likeness (QED) is 0.284. The van der Waals surface area contributed by atoms with E-state index in [-0.39, 0.29) is 39.7 Å². The number of aromatic nitrogens is 4. The maximum absolute atomic E-state index is 13.9. The van der Waals surface area contributed by atoms with E-state index in [9.17, 15) is 18.0 Å². The number of thioether (sulfide) groups is 1. The first kappa shape index (κ1) is 22.6. The van der Waals surface area contributed by atoms with Crippen molar-refractivity contribution in [1.29, 1.82) is 0 Å². The lowest BCUT2D eigenvalue weighted by molar-refractivity contribution is -0.113. The normalized spacial score (nSPS) is 10.9. The van der Waals surface area contributed by atoms with Gasteiger partial charge in [0.15, 0.2) is 11.0 Å². The zero-order valence-corrected chi connectivity index (χ0v) is 18.3. The topological polar surface area (TPSA) is 108 Å². The molecule has 0 unspecified atom stereocenters. The van der Waals surface area contributed by atoms with Gasteiger partial charge < -0.3 is 15.9 Å². The molecular weight excluding hydrogens is 477 g/mol. The summed E-state index contributed by atoms with van der Waals surface area (Å²) in [6.07, 6.45) is 0. The number of thiazole rings is 1. The molecule has 0 saturated heterocycles. The van der Waals surface area contributed by atoms with Crippen LogP contribution in [0.4, 0.5) is 18.3 Å². The predicted octanol–water partition coefficient (Wildman–Crippen LogP) is 3.84. The van der Waals surface area contributed by atoms with Crippen LogP contribution in [0.3, 0.4) is 0 Å². The Morgan fingerprint density at radius 1 is 1.12 bits per heavy atom. The second-order valence-corrected chi connectivity index (χ2v) is 8.31. The number of benzene rings is 2. The molecule has 4 rings (SSSR count). The number of nitrogen functional groups attached to an aromatic ring is 1. The van der Waals surface area contributed by atoms with Crippen LogP contribution in [0.2, 0.25) is 0 Å². The Morgan fingerprint density at radius 3 is 2.67 bits per heavy atom. The van der Waals surface area contributed by atoms with E-state index in [0.29, 0.717) is 11.6 Å². The number of nitrogens with two attached hydrogens (primary N) is 1. The van der Waals surface area contributed by atoms with Crippen molar-refractivity contribution in [1.82, 2.24) is 19.9 Å². The number of anilines is 1. The Hall–Kier alpha value is -3.58. The van der Waals surface area contributed by atoms with Gasteiger partial charge in [0, 0.05) is 10.9 Å². The van der Waals surface area contributed by atoms with E-state index in [0.717, 1.165) is 41.3 Å². The molecule has 0 aliphatic heterocycles. The molecule has 4 aromatic rings. The van der Waals surface area contributed by atoms with Gasteiger partial charge in [-0.05, 0) is 42.5 Å². The summed E-state index contributed by atoms with van der Waals surface area (Å²) >= 11 is 2.12. The van der Waals surface area contributed by atoms with Crippen molar-refractivity contribution in [2.45, 2.75) is 11.8 Å². The Morgan fingerprint density at radius 2 is 1.88 bits per heavy atom. The second-order valence-electron chi connectivity index (χ2n) is 6.51. The lowest BCUT2D eigenvalue weighted by Gasteiger charge is -2.06. The van der Waals surface area contributed by atoms with Crippen molar-refractivity contribution >= 4 is 34.1 Å². The number of nitrogens with zero attached hydrogens (tertiary/aromatic N) is 4. The molecule has 8 nitrogen and oxygen atoms in total. The lowest BCUT2D eigenvalue weighted by atomic mass is 10.1. The standard InChI is InChI=1S/C20H15F3N6O2S2/c21-11-1-4-13(5-2-11)31-8-17-27-28-20(29(17)24)33-10-18(30)26-19-25-16(9-32-19)14-7-12(22)3-6-15(14)23/h1-7,9H,8,10,24H2,(H,25,26,30). The Labute approximate surface area is 193 Å². The van der Waals surface area contributed by atoms with Crippen LogP contribution in [0.5, 0.6) is 5.75 Å². The van der Waals surface area contributed by atoms with Gasteiger partial charge in [0.25, 0.3) is 0 Å². The maximum Gasteiger partial charge on any atom is 0.236 e. The molecule has 33 heavy (non-hydrogen) atoms. The highest BCUT2D eigenvalue weighted by Crippen LogP contribution is 2.28. The van der Waals surface area contributed by atoms with Crippen molar-refractivity contribution < 1.29 is 22.7 Å². The molecule has 0 spiro atoms. The number of carbonyl (C=O) groups is 1. The van der Waals surface area contributed by atoms with E-state index in [1.54, 1.807) is 0 Å². The van der Waals surface area contributed by atoms with Crippen molar-refractivity contribution in [3.63, 3.8) is 0 Å². The SMILES string of the molecule is Nn1c(COc2ccc(F)cc2)nnc1SCC(=O)Nc1nc(-c2cc(F)ccc2F)cs1. The molecule has 3 N–H and O–H groups in total. The van der Waals surface area contributed by atoms with Crippen LogP contribution in [-0.2, 0) is 11.4 Å². The molecule has 2 aromatic heterocycles. The fourth-order valence-corrected chi connectivity index (χ4v) is 4.02. The number of hydrogen-bond donors (Lipinski definition) is 2. The van der Waals surface area contributed by atoms with E-state index in [2.05, 4.69) is 20.5 Å². The minimum atomic E-state index is -0.614. The molecule has 2 aromatic carbocycles. The Balaban J connectivity index is 1.31. The first-order chi connectivity index (χ1) is 15.9. The van der Waals surface area contributed by atoms with E-state index in [4.69, 9.17) is 10.6 Å². The van der Waals surface area contributed by atoms with Crippen LogP contribution in [0, 0.1) is 17.5 Å². The fourth-order valence-electron chi connectivity index (χ4n) is 2.62. The summed E-state index contributed by atoms with van der Waals surface area (Å²) in [6.45, 7) is 0.000418. The third-order valence-electron chi connectivity index (χ3n) is 4.20. The number of hydrogen-bond acceptors (Lipinski definition) is 8. The summed E-state index contributed by atoms with van der Waals surface area (Å²) in [7, 11) is 0. The smallest absolute Gasteiger partial charge is 0.236 e. The zero-order valence-electron chi connectivity index (χ0n) is 16.7. The highest BCUT2D eigenvalue weighted by Gasteiger charge is 2.15. The first-order valence-corrected chi connectivity index (χ1v) is 11.2. The van der Waals surface area contributed by atoms with Crippen LogP contribution >= 0.6 is 23.1 Å². The molecule has 0 atom stereocenters. The molecule has 0 radical (unpaired) electrons. The minimum Gasteiger partial charge on any atom is -0.486 e. The summed E-state index contributed by atoms with van der Waals surface area (Å²) < 4.78 is 46.9. The molecule has 0 aliphatic carbocycles. The average molecular weight is 493 g/mol. The monoisotopic (exact) mass is 492 g/mol. The van der Waals surface area contributed by atoms with Gasteiger partial charge in [-0.25, -0.2) is 22.8 Å². The van der Waals surface area contributed by atoms with Gasteiger partial charge in [0.05, 0.1) is 11.4 Å².